The van der Waals surface area contributed by atoms with Gasteiger partial charge in [-0.05, 0) is 62.7 Å². The number of nitrogens with one attached hydrogen (secondary N) is 1. The highest BCUT2D eigenvalue weighted by atomic mass is 16.1. The lowest BCUT2D eigenvalue weighted by molar-refractivity contribution is -0.119. The van der Waals surface area contributed by atoms with E-state index in [1.165, 1.54) is 29.5 Å². The molecule has 20 heavy (non-hydrogen) atoms. The molecule has 0 radical (unpaired) electrons. The molecule has 0 bridgehead atoms. The Morgan fingerprint density at radius 3 is 2.90 bits per heavy atom. The minimum absolute atomic E-state index is 0.386. The molecular weight excluding hydrogens is 246 g/mol. The zero-order valence-corrected chi connectivity index (χ0v) is 13.0. The molecule has 1 N–H and O–H groups in total. The van der Waals surface area contributed by atoms with Gasteiger partial charge in [-0.15, -0.1) is 0 Å². The Labute approximate surface area is 123 Å². The van der Waals surface area contributed by atoms with E-state index in [2.05, 4.69) is 44.3 Å². The van der Waals surface area contributed by atoms with Crippen molar-refractivity contribution in [2.75, 3.05) is 13.1 Å². The van der Waals surface area contributed by atoms with Gasteiger partial charge in [0.1, 0.15) is 5.78 Å². The number of piperidine rings is 1. The van der Waals surface area contributed by atoms with Crippen molar-refractivity contribution in [1.29, 1.82) is 0 Å². The molecule has 0 spiro atoms. The number of hydrogen-bond donors (Lipinski definition) is 1. The predicted molar refractivity (Wildman–Crippen MR) is 84.0 cm³/mol. The van der Waals surface area contributed by atoms with E-state index in [1.807, 2.05) is 0 Å². The normalized spacial score (nSPS) is 20.6. The maximum atomic E-state index is 12.3. The molecule has 0 saturated carbocycles. The van der Waals surface area contributed by atoms with Crippen LogP contribution in [0.4, 0.5) is 0 Å². The monoisotopic (exact) mass is 273 g/mol. The molecule has 1 aromatic rings. The van der Waals surface area contributed by atoms with Crippen molar-refractivity contribution >= 4 is 5.78 Å². The summed E-state index contributed by atoms with van der Waals surface area (Å²) in [7, 11) is 0. The van der Waals surface area contributed by atoms with Gasteiger partial charge in [-0.2, -0.15) is 0 Å². The summed E-state index contributed by atoms with van der Waals surface area (Å²) in [5.41, 5.74) is 3.67. The number of rotatable bonds is 5. The summed E-state index contributed by atoms with van der Waals surface area (Å²) in [6.45, 7) is 8.64. The molecular formula is C18H27NO. The van der Waals surface area contributed by atoms with Gasteiger partial charge in [-0.3, -0.25) is 4.79 Å². The second-order valence-corrected chi connectivity index (χ2v) is 6.43. The van der Waals surface area contributed by atoms with Crippen molar-refractivity contribution in [2.24, 2.45) is 11.8 Å². The Kier molecular flexibility index (Phi) is 5.36. The number of benzene rings is 1. The molecule has 0 aromatic heterocycles. The molecule has 1 saturated heterocycles. The van der Waals surface area contributed by atoms with E-state index in [-0.39, 0.29) is 0 Å². The standard InChI is InChI=1S/C18H27NO/c1-13-6-7-14(2)17(9-13)11-18(20)10-15(3)16-5-4-8-19-12-16/h6-7,9,15-16,19H,4-5,8,10-12H2,1-3H3. The van der Waals surface area contributed by atoms with Crippen molar-refractivity contribution in [3.63, 3.8) is 0 Å². The maximum absolute atomic E-state index is 12.3. The Balaban J connectivity index is 1.89. The first-order valence-corrected chi connectivity index (χ1v) is 7.85. The maximum Gasteiger partial charge on any atom is 0.137 e. The first-order valence-electron chi connectivity index (χ1n) is 7.85. The van der Waals surface area contributed by atoms with E-state index >= 15 is 0 Å². The van der Waals surface area contributed by atoms with Gasteiger partial charge < -0.3 is 5.32 Å². The van der Waals surface area contributed by atoms with E-state index in [1.54, 1.807) is 0 Å². The molecule has 0 aliphatic carbocycles. The summed E-state index contributed by atoms with van der Waals surface area (Å²) < 4.78 is 0. The summed E-state index contributed by atoms with van der Waals surface area (Å²) >= 11 is 0. The zero-order valence-electron chi connectivity index (χ0n) is 13.0. The molecule has 2 rings (SSSR count). The van der Waals surface area contributed by atoms with Crippen LogP contribution in [0.25, 0.3) is 0 Å². The molecule has 110 valence electrons. The number of ketones is 1. The van der Waals surface area contributed by atoms with Gasteiger partial charge >= 0.3 is 0 Å². The van der Waals surface area contributed by atoms with E-state index in [4.69, 9.17) is 0 Å². The Morgan fingerprint density at radius 1 is 1.40 bits per heavy atom. The lowest BCUT2D eigenvalue weighted by Gasteiger charge is -2.28. The molecule has 1 aromatic carbocycles. The third-order valence-corrected chi connectivity index (χ3v) is 4.58. The number of aryl methyl sites for hydroxylation is 2. The Hall–Kier alpha value is -1.15. The fourth-order valence-electron chi connectivity index (χ4n) is 3.17. The van der Waals surface area contributed by atoms with Crippen LogP contribution < -0.4 is 5.32 Å². The second-order valence-electron chi connectivity index (χ2n) is 6.43. The molecule has 2 unspecified atom stereocenters. The minimum Gasteiger partial charge on any atom is -0.316 e. The van der Waals surface area contributed by atoms with Crippen LogP contribution in [0, 0.1) is 25.7 Å². The fourth-order valence-corrected chi connectivity index (χ4v) is 3.17. The highest BCUT2D eigenvalue weighted by Gasteiger charge is 2.22. The number of carbonyl (C=O) groups is 1. The van der Waals surface area contributed by atoms with Crippen molar-refractivity contribution < 1.29 is 4.79 Å². The fraction of sp³-hybridized carbons (Fsp3) is 0.611. The summed E-state index contributed by atoms with van der Waals surface area (Å²) in [5.74, 6) is 1.56. The first kappa shape index (κ1) is 15.2. The summed E-state index contributed by atoms with van der Waals surface area (Å²) in [4.78, 5) is 12.3. The van der Waals surface area contributed by atoms with Crippen LogP contribution in [-0.2, 0) is 11.2 Å². The topological polar surface area (TPSA) is 29.1 Å². The smallest absolute Gasteiger partial charge is 0.137 e. The summed E-state index contributed by atoms with van der Waals surface area (Å²) in [6, 6.07) is 6.38. The lowest BCUT2D eigenvalue weighted by atomic mass is 9.83. The minimum atomic E-state index is 0.386. The quantitative estimate of drug-likeness (QED) is 0.890. The number of Topliss-reactive ketones (excluding diaryl/α,β-unsaturated/α-hetero) is 1. The van der Waals surface area contributed by atoms with Gasteiger partial charge in [0.2, 0.25) is 0 Å². The highest BCUT2D eigenvalue weighted by molar-refractivity contribution is 5.81. The van der Waals surface area contributed by atoms with Crippen LogP contribution >= 0.6 is 0 Å². The largest absolute Gasteiger partial charge is 0.316 e. The summed E-state index contributed by atoms with van der Waals surface area (Å²) in [6.07, 6.45) is 3.84. The van der Waals surface area contributed by atoms with E-state index in [0.29, 0.717) is 24.0 Å². The molecule has 2 nitrogen and oxygen atoms in total. The van der Waals surface area contributed by atoms with E-state index in [0.717, 1.165) is 19.5 Å². The van der Waals surface area contributed by atoms with Gasteiger partial charge in [0, 0.05) is 12.8 Å². The van der Waals surface area contributed by atoms with Crippen LogP contribution in [0.2, 0.25) is 0 Å². The average molecular weight is 273 g/mol. The van der Waals surface area contributed by atoms with Crippen LogP contribution in [0.5, 0.6) is 0 Å². The zero-order chi connectivity index (χ0) is 14.5. The predicted octanol–water partition coefficient (Wildman–Crippen LogP) is 3.44. The van der Waals surface area contributed by atoms with Crippen molar-refractivity contribution in [2.45, 2.75) is 46.5 Å². The molecule has 2 atom stereocenters. The SMILES string of the molecule is Cc1ccc(C)c(CC(=O)CC(C)C2CCCNC2)c1. The van der Waals surface area contributed by atoms with Gasteiger partial charge in [0.25, 0.3) is 0 Å². The van der Waals surface area contributed by atoms with Crippen LogP contribution in [0.1, 0.15) is 42.9 Å². The van der Waals surface area contributed by atoms with Gasteiger partial charge in [0.15, 0.2) is 0 Å². The molecule has 1 fully saturated rings. The molecule has 1 heterocycles. The van der Waals surface area contributed by atoms with Gasteiger partial charge in [0.05, 0.1) is 0 Å². The molecule has 1 aliphatic rings. The molecule has 1 aliphatic heterocycles. The van der Waals surface area contributed by atoms with E-state index in [9.17, 15) is 4.79 Å². The van der Waals surface area contributed by atoms with Crippen LogP contribution in [0.15, 0.2) is 18.2 Å². The Morgan fingerprint density at radius 2 is 2.20 bits per heavy atom. The van der Waals surface area contributed by atoms with Gasteiger partial charge in [-0.1, -0.05) is 30.7 Å². The highest BCUT2D eigenvalue weighted by Crippen LogP contribution is 2.23. The molecule has 2 heteroatoms. The van der Waals surface area contributed by atoms with E-state index < -0.39 is 0 Å². The van der Waals surface area contributed by atoms with Crippen molar-refractivity contribution in [1.82, 2.24) is 5.32 Å². The number of carbonyl (C=O) groups excluding carboxylic acids is 1. The lowest BCUT2D eigenvalue weighted by Crippen LogP contribution is -2.34. The van der Waals surface area contributed by atoms with Crippen molar-refractivity contribution in [3.8, 4) is 0 Å². The summed E-state index contributed by atoms with van der Waals surface area (Å²) in [5, 5.41) is 3.44. The Bertz CT molecular complexity index is 460. The second kappa shape index (κ2) is 7.03. The van der Waals surface area contributed by atoms with Gasteiger partial charge in [-0.25, -0.2) is 0 Å². The average Bonchev–Trinajstić information content (AvgIpc) is 2.43. The third-order valence-electron chi connectivity index (χ3n) is 4.58. The van der Waals surface area contributed by atoms with Crippen LogP contribution in [-0.4, -0.2) is 18.9 Å². The number of hydrogen-bond acceptors (Lipinski definition) is 2. The van der Waals surface area contributed by atoms with Crippen LogP contribution in [0.3, 0.4) is 0 Å². The first-order chi connectivity index (χ1) is 9.56. The third kappa shape index (κ3) is 4.17. The molecule has 0 amide bonds. The van der Waals surface area contributed by atoms with Crippen molar-refractivity contribution in [3.05, 3.63) is 34.9 Å².